The van der Waals surface area contributed by atoms with E-state index in [1.165, 1.54) is 4.88 Å². The lowest BCUT2D eigenvalue weighted by Crippen LogP contribution is -2.15. The van der Waals surface area contributed by atoms with E-state index < -0.39 is 0 Å². The number of hydrogen-bond donors (Lipinski definition) is 1. The van der Waals surface area contributed by atoms with E-state index in [1.54, 1.807) is 17.5 Å². The number of hydrogen-bond acceptors (Lipinski definition) is 4. The third-order valence-electron chi connectivity index (χ3n) is 2.76. The van der Waals surface area contributed by atoms with Gasteiger partial charge in [0.2, 0.25) is 5.88 Å². The quantitative estimate of drug-likeness (QED) is 0.751. The van der Waals surface area contributed by atoms with Gasteiger partial charge in [-0.1, -0.05) is 19.1 Å². The van der Waals surface area contributed by atoms with Crippen LogP contribution in [0.4, 0.5) is 0 Å². The van der Waals surface area contributed by atoms with E-state index in [-0.39, 0.29) is 0 Å². The Balaban J connectivity index is 1.84. The molecule has 0 aromatic carbocycles. The summed E-state index contributed by atoms with van der Waals surface area (Å²) in [7, 11) is 0. The highest BCUT2D eigenvalue weighted by Gasteiger charge is 2.04. The van der Waals surface area contributed by atoms with Crippen LogP contribution in [0.2, 0.25) is 0 Å². The van der Waals surface area contributed by atoms with E-state index in [2.05, 4.69) is 40.8 Å². The molecule has 4 heteroatoms. The van der Waals surface area contributed by atoms with E-state index in [0.29, 0.717) is 6.61 Å². The smallest absolute Gasteiger partial charge is 0.217 e. The Hall–Kier alpha value is -1.39. The second-order valence-electron chi connectivity index (χ2n) is 4.32. The number of ether oxygens (including phenoxy) is 1. The van der Waals surface area contributed by atoms with Crippen LogP contribution < -0.4 is 10.1 Å². The van der Waals surface area contributed by atoms with Gasteiger partial charge in [0.1, 0.15) is 0 Å². The van der Waals surface area contributed by atoms with Crippen LogP contribution in [-0.2, 0) is 13.0 Å². The van der Waals surface area contributed by atoms with Crippen LogP contribution in [0.3, 0.4) is 0 Å². The summed E-state index contributed by atoms with van der Waals surface area (Å²) in [6.45, 7) is 4.67. The molecule has 2 heterocycles. The fraction of sp³-hybridized carbons (Fsp3) is 0.400. The van der Waals surface area contributed by atoms with Crippen LogP contribution in [0.1, 0.15) is 23.8 Å². The molecule has 0 saturated carbocycles. The Morgan fingerprint density at radius 2 is 2.26 bits per heavy atom. The van der Waals surface area contributed by atoms with Crippen molar-refractivity contribution in [3.8, 4) is 5.88 Å². The molecule has 0 atom stereocenters. The molecule has 0 aliphatic rings. The van der Waals surface area contributed by atoms with E-state index in [1.807, 2.05) is 6.07 Å². The molecule has 2 aromatic heterocycles. The predicted octanol–water partition coefficient (Wildman–Crippen LogP) is 3.26. The summed E-state index contributed by atoms with van der Waals surface area (Å²) < 4.78 is 5.80. The highest BCUT2D eigenvalue weighted by Crippen LogP contribution is 2.15. The SMILES string of the molecule is CCCNCc1cccnc1OCCc1cccs1. The number of nitrogens with one attached hydrogen (secondary N) is 1. The standard InChI is InChI=1S/C15H20N2OS/c1-2-8-16-12-13-5-3-9-17-15(13)18-10-7-14-6-4-11-19-14/h3-6,9,11,16H,2,7-8,10,12H2,1H3. The number of nitrogens with zero attached hydrogens (tertiary/aromatic N) is 1. The highest BCUT2D eigenvalue weighted by molar-refractivity contribution is 7.09. The van der Waals surface area contributed by atoms with Crippen molar-refractivity contribution in [1.82, 2.24) is 10.3 Å². The molecule has 2 rings (SSSR count). The van der Waals surface area contributed by atoms with Gasteiger partial charge in [0, 0.05) is 29.6 Å². The van der Waals surface area contributed by atoms with Crippen LogP contribution >= 0.6 is 11.3 Å². The first-order valence-corrected chi connectivity index (χ1v) is 7.58. The molecule has 0 radical (unpaired) electrons. The maximum absolute atomic E-state index is 5.80. The van der Waals surface area contributed by atoms with E-state index in [9.17, 15) is 0 Å². The average molecular weight is 276 g/mol. The number of rotatable bonds is 8. The molecule has 0 aliphatic heterocycles. The third kappa shape index (κ3) is 4.65. The van der Waals surface area contributed by atoms with Crippen molar-refractivity contribution in [2.75, 3.05) is 13.2 Å². The largest absolute Gasteiger partial charge is 0.477 e. The van der Waals surface area contributed by atoms with Gasteiger partial charge < -0.3 is 10.1 Å². The molecule has 0 fully saturated rings. The molecule has 2 aromatic rings. The van der Waals surface area contributed by atoms with Gasteiger partial charge in [0.25, 0.3) is 0 Å². The van der Waals surface area contributed by atoms with Crippen molar-refractivity contribution in [3.63, 3.8) is 0 Å². The van der Waals surface area contributed by atoms with Crippen molar-refractivity contribution in [2.24, 2.45) is 0 Å². The molecule has 1 N–H and O–H groups in total. The second-order valence-corrected chi connectivity index (χ2v) is 5.35. The Morgan fingerprint density at radius 1 is 1.32 bits per heavy atom. The molecule has 3 nitrogen and oxygen atoms in total. The highest BCUT2D eigenvalue weighted by atomic mass is 32.1. The van der Waals surface area contributed by atoms with Crippen molar-refractivity contribution >= 4 is 11.3 Å². The third-order valence-corrected chi connectivity index (χ3v) is 3.70. The molecule has 102 valence electrons. The first kappa shape index (κ1) is 14.0. The first-order valence-electron chi connectivity index (χ1n) is 6.70. The molecule has 19 heavy (non-hydrogen) atoms. The Bertz CT molecular complexity index is 471. The number of pyridine rings is 1. The zero-order valence-electron chi connectivity index (χ0n) is 11.3. The van der Waals surface area contributed by atoms with Crippen molar-refractivity contribution in [2.45, 2.75) is 26.3 Å². The summed E-state index contributed by atoms with van der Waals surface area (Å²) >= 11 is 1.77. The van der Waals surface area contributed by atoms with Crippen LogP contribution in [0.15, 0.2) is 35.8 Å². The maximum Gasteiger partial charge on any atom is 0.217 e. The first-order chi connectivity index (χ1) is 9.40. The predicted molar refractivity (Wildman–Crippen MR) is 79.8 cm³/mol. The molecule has 0 amide bonds. The Labute approximate surface area is 118 Å². The van der Waals surface area contributed by atoms with Crippen LogP contribution in [0.25, 0.3) is 0 Å². The van der Waals surface area contributed by atoms with Crippen molar-refractivity contribution in [3.05, 3.63) is 46.3 Å². The molecule has 0 spiro atoms. The number of thiophene rings is 1. The van der Waals surface area contributed by atoms with Crippen molar-refractivity contribution < 1.29 is 4.74 Å². The lowest BCUT2D eigenvalue weighted by atomic mass is 10.2. The fourth-order valence-corrected chi connectivity index (χ4v) is 2.48. The zero-order valence-corrected chi connectivity index (χ0v) is 12.1. The van der Waals surface area contributed by atoms with Gasteiger partial charge in [0.05, 0.1) is 6.61 Å². The van der Waals surface area contributed by atoms with Crippen LogP contribution in [0, 0.1) is 0 Å². The molecule has 0 saturated heterocycles. The minimum absolute atomic E-state index is 0.679. The minimum atomic E-state index is 0.679. The van der Waals surface area contributed by atoms with Gasteiger partial charge in [0.15, 0.2) is 0 Å². The van der Waals surface area contributed by atoms with Gasteiger partial charge in [-0.15, -0.1) is 11.3 Å². The van der Waals surface area contributed by atoms with Gasteiger partial charge in [-0.3, -0.25) is 0 Å². The number of aromatic nitrogens is 1. The van der Waals surface area contributed by atoms with Crippen LogP contribution in [-0.4, -0.2) is 18.1 Å². The summed E-state index contributed by atoms with van der Waals surface area (Å²) in [5, 5.41) is 5.47. The summed E-state index contributed by atoms with van der Waals surface area (Å²) in [5.74, 6) is 0.752. The summed E-state index contributed by atoms with van der Waals surface area (Å²) in [5.41, 5.74) is 1.13. The lowest BCUT2D eigenvalue weighted by molar-refractivity contribution is 0.306. The maximum atomic E-state index is 5.80. The molecule has 0 bridgehead atoms. The van der Waals surface area contributed by atoms with Gasteiger partial charge in [-0.05, 0) is 30.5 Å². The van der Waals surface area contributed by atoms with Crippen LogP contribution in [0.5, 0.6) is 5.88 Å². The fourth-order valence-electron chi connectivity index (χ4n) is 1.79. The molecular formula is C15H20N2OS. The minimum Gasteiger partial charge on any atom is -0.477 e. The summed E-state index contributed by atoms with van der Waals surface area (Å²) in [4.78, 5) is 5.67. The van der Waals surface area contributed by atoms with Gasteiger partial charge in [-0.25, -0.2) is 4.98 Å². The van der Waals surface area contributed by atoms with Gasteiger partial charge in [-0.2, -0.15) is 0 Å². The lowest BCUT2D eigenvalue weighted by Gasteiger charge is -2.10. The molecule has 0 aliphatic carbocycles. The normalized spacial score (nSPS) is 10.6. The average Bonchev–Trinajstić information content (AvgIpc) is 2.94. The summed E-state index contributed by atoms with van der Waals surface area (Å²) in [6, 6.07) is 8.22. The van der Waals surface area contributed by atoms with Gasteiger partial charge >= 0.3 is 0 Å². The second kappa shape index (κ2) is 7.92. The van der Waals surface area contributed by atoms with Crippen molar-refractivity contribution in [1.29, 1.82) is 0 Å². The Kier molecular flexibility index (Phi) is 5.85. The summed E-state index contributed by atoms with van der Waals surface area (Å²) in [6.07, 6.45) is 3.86. The zero-order chi connectivity index (χ0) is 13.3. The molecule has 0 unspecified atom stereocenters. The topological polar surface area (TPSA) is 34.2 Å². The monoisotopic (exact) mass is 276 g/mol. The van der Waals surface area contributed by atoms with E-state index >= 15 is 0 Å². The van der Waals surface area contributed by atoms with E-state index in [4.69, 9.17) is 4.74 Å². The molecular weight excluding hydrogens is 256 g/mol. The Morgan fingerprint density at radius 3 is 3.05 bits per heavy atom. The van der Waals surface area contributed by atoms with E-state index in [0.717, 1.165) is 37.4 Å².